The molecular formula is C18H26N4. The third-order valence-corrected chi connectivity index (χ3v) is 4.64. The molecule has 1 fully saturated rings. The van der Waals surface area contributed by atoms with Gasteiger partial charge in [-0.1, -0.05) is 25.1 Å². The monoisotopic (exact) mass is 298 g/mol. The Morgan fingerprint density at radius 2 is 1.95 bits per heavy atom. The summed E-state index contributed by atoms with van der Waals surface area (Å²) in [5, 5.41) is 1.28. The topological polar surface area (TPSA) is 45.4 Å². The number of rotatable bonds is 4. The van der Waals surface area contributed by atoms with Gasteiger partial charge in [-0.25, -0.2) is 4.98 Å². The zero-order valence-corrected chi connectivity index (χ0v) is 13.7. The molecule has 2 N–H and O–H groups in total. The number of nitrogens with zero attached hydrogens (tertiary/aromatic N) is 3. The van der Waals surface area contributed by atoms with Crippen molar-refractivity contribution in [3.8, 4) is 0 Å². The van der Waals surface area contributed by atoms with Crippen LogP contribution in [0.15, 0.2) is 24.3 Å². The summed E-state index contributed by atoms with van der Waals surface area (Å²) in [6, 6.07) is 8.75. The fraction of sp³-hybridized carbons (Fsp3) is 0.500. The van der Waals surface area contributed by atoms with Gasteiger partial charge < -0.3 is 10.6 Å². The molecule has 0 atom stereocenters. The minimum atomic E-state index is 0.743. The van der Waals surface area contributed by atoms with Crippen LogP contribution in [0, 0.1) is 6.92 Å². The molecule has 118 valence electrons. The van der Waals surface area contributed by atoms with Gasteiger partial charge in [0.05, 0.1) is 5.52 Å². The van der Waals surface area contributed by atoms with Crippen molar-refractivity contribution >= 4 is 16.7 Å². The second-order valence-electron chi connectivity index (χ2n) is 6.08. The van der Waals surface area contributed by atoms with Crippen molar-refractivity contribution in [1.29, 1.82) is 0 Å². The summed E-state index contributed by atoms with van der Waals surface area (Å²) in [6.07, 6.45) is 1.03. The van der Waals surface area contributed by atoms with Crippen molar-refractivity contribution in [3.05, 3.63) is 35.4 Å². The molecule has 3 rings (SSSR count). The van der Waals surface area contributed by atoms with E-state index >= 15 is 0 Å². The average molecular weight is 298 g/mol. The molecule has 0 unspecified atom stereocenters. The fourth-order valence-corrected chi connectivity index (χ4v) is 3.29. The van der Waals surface area contributed by atoms with E-state index in [2.05, 4.69) is 47.9 Å². The summed E-state index contributed by atoms with van der Waals surface area (Å²) in [7, 11) is 0. The molecule has 22 heavy (non-hydrogen) atoms. The highest BCUT2D eigenvalue weighted by Crippen LogP contribution is 2.26. The van der Waals surface area contributed by atoms with Gasteiger partial charge in [-0.05, 0) is 30.5 Å². The quantitative estimate of drug-likeness (QED) is 0.940. The number of para-hydroxylation sites is 1. The Morgan fingerprint density at radius 3 is 2.64 bits per heavy atom. The third-order valence-electron chi connectivity index (χ3n) is 4.64. The molecule has 4 heteroatoms. The van der Waals surface area contributed by atoms with Crippen LogP contribution in [-0.4, -0.2) is 49.2 Å². The van der Waals surface area contributed by atoms with Crippen molar-refractivity contribution in [2.24, 2.45) is 5.73 Å². The number of hydrogen-bond donors (Lipinski definition) is 1. The molecule has 0 radical (unpaired) electrons. The molecule has 2 heterocycles. The number of aromatic nitrogens is 1. The summed E-state index contributed by atoms with van der Waals surface area (Å²) in [5.74, 6) is 1.12. The largest absolute Gasteiger partial charge is 0.354 e. The van der Waals surface area contributed by atoms with Crippen molar-refractivity contribution in [3.63, 3.8) is 0 Å². The van der Waals surface area contributed by atoms with Crippen LogP contribution >= 0.6 is 0 Å². The number of anilines is 1. The van der Waals surface area contributed by atoms with E-state index in [1.165, 1.54) is 22.0 Å². The Morgan fingerprint density at radius 1 is 1.18 bits per heavy atom. The first kappa shape index (κ1) is 15.3. The molecule has 1 aromatic carbocycles. The lowest BCUT2D eigenvalue weighted by atomic mass is 10.0. The van der Waals surface area contributed by atoms with Gasteiger partial charge in [-0.15, -0.1) is 0 Å². The Bertz CT molecular complexity index is 645. The standard InChI is InChI=1S/C18H26N4/c1-3-15-5-4-6-16-14(2)13-17(20-18(15)16)22-11-9-21(8-7-19)10-12-22/h4-6,13H,3,7-12,19H2,1-2H3. The van der Waals surface area contributed by atoms with Crippen LogP contribution in [0.3, 0.4) is 0 Å². The lowest BCUT2D eigenvalue weighted by Crippen LogP contribution is -2.48. The van der Waals surface area contributed by atoms with E-state index in [9.17, 15) is 0 Å². The molecular weight excluding hydrogens is 272 g/mol. The van der Waals surface area contributed by atoms with Crippen LogP contribution in [0.5, 0.6) is 0 Å². The number of benzene rings is 1. The van der Waals surface area contributed by atoms with E-state index in [-0.39, 0.29) is 0 Å². The first-order valence-corrected chi connectivity index (χ1v) is 8.29. The summed E-state index contributed by atoms with van der Waals surface area (Å²) in [6.45, 7) is 10.3. The van der Waals surface area contributed by atoms with Gasteiger partial charge in [0, 0.05) is 44.7 Å². The second kappa shape index (κ2) is 6.63. The molecule has 0 amide bonds. The smallest absolute Gasteiger partial charge is 0.129 e. The van der Waals surface area contributed by atoms with Crippen molar-refractivity contribution in [2.45, 2.75) is 20.3 Å². The van der Waals surface area contributed by atoms with E-state index in [0.29, 0.717) is 0 Å². The molecule has 1 saturated heterocycles. The molecule has 2 aromatic rings. The lowest BCUT2D eigenvalue weighted by molar-refractivity contribution is 0.264. The first-order valence-electron chi connectivity index (χ1n) is 8.29. The minimum Gasteiger partial charge on any atom is -0.354 e. The summed E-state index contributed by atoms with van der Waals surface area (Å²) in [5.41, 5.74) is 9.48. The normalized spacial score (nSPS) is 16.4. The summed E-state index contributed by atoms with van der Waals surface area (Å²) < 4.78 is 0. The molecule has 1 aromatic heterocycles. The number of fused-ring (bicyclic) bond motifs is 1. The average Bonchev–Trinajstić information content (AvgIpc) is 2.55. The minimum absolute atomic E-state index is 0.743. The molecule has 0 spiro atoms. The Kier molecular flexibility index (Phi) is 4.60. The van der Waals surface area contributed by atoms with Gasteiger partial charge in [0.2, 0.25) is 0 Å². The number of aryl methyl sites for hydroxylation is 2. The number of pyridine rings is 1. The highest BCUT2D eigenvalue weighted by atomic mass is 15.3. The van der Waals surface area contributed by atoms with E-state index in [1.54, 1.807) is 0 Å². The third kappa shape index (κ3) is 2.94. The molecule has 0 saturated carbocycles. The van der Waals surface area contributed by atoms with Crippen LogP contribution < -0.4 is 10.6 Å². The zero-order chi connectivity index (χ0) is 15.5. The predicted molar refractivity (Wildman–Crippen MR) is 93.6 cm³/mol. The van der Waals surface area contributed by atoms with Crippen molar-refractivity contribution < 1.29 is 0 Å². The number of hydrogen-bond acceptors (Lipinski definition) is 4. The molecule has 0 bridgehead atoms. The highest BCUT2D eigenvalue weighted by molar-refractivity contribution is 5.86. The second-order valence-corrected chi connectivity index (χ2v) is 6.08. The van der Waals surface area contributed by atoms with E-state index in [0.717, 1.165) is 51.5 Å². The van der Waals surface area contributed by atoms with Gasteiger partial charge in [-0.3, -0.25) is 4.90 Å². The van der Waals surface area contributed by atoms with E-state index in [4.69, 9.17) is 10.7 Å². The van der Waals surface area contributed by atoms with Gasteiger partial charge in [0.15, 0.2) is 0 Å². The van der Waals surface area contributed by atoms with Crippen LogP contribution in [0.1, 0.15) is 18.1 Å². The van der Waals surface area contributed by atoms with Crippen molar-refractivity contribution in [2.75, 3.05) is 44.2 Å². The summed E-state index contributed by atoms with van der Waals surface area (Å²) in [4.78, 5) is 9.83. The van der Waals surface area contributed by atoms with Crippen molar-refractivity contribution in [1.82, 2.24) is 9.88 Å². The fourth-order valence-electron chi connectivity index (χ4n) is 3.29. The van der Waals surface area contributed by atoms with Crippen LogP contribution in [-0.2, 0) is 6.42 Å². The maximum atomic E-state index is 5.65. The maximum absolute atomic E-state index is 5.65. The van der Waals surface area contributed by atoms with Gasteiger partial charge in [0.25, 0.3) is 0 Å². The predicted octanol–water partition coefficient (Wildman–Crippen LogP) is 2.19. The molecule has 0 aliphatic carbocycles. The highest BCUT2D eigenvalue weighted by Gasteiger charge is 2.18. The van der Waals surface area contributed by atoms with Crippen LogP contribution in [0.4, 0.5) is 5.82 Å². The molecule has 4 nitrogen and oxygen atoms in total. The maximum Gasteiger partial charge on any atom is 0.129 e. The van der Waals surface area contributed by atoms with E-state index < -0.39 is 0 Å². The lowest BCUT2D eigenvalue weighted by Gasteiger charge is -2.35. The van der Waals surface area contributed by atoms with Crippen LogP contribution in [0.2, 0.25) is 0 Å². The van der Waals surface area contributed by atoms with Gasteiger partial charge in [0.1, 0.15) is 5.82 Å². The SMILES string of the molecule is CCc1cccc2c(C)cc(N3CCN(CCN)CC3)nc12. The number of piperazine rings is 1. The molecule has 1 aliphatic rings. The number of nitrogens with two attached hydrogens (primary N) is 1. The zero-order valence-electron chi connectivity index (χ0n) is 13.7. The Hall–Kier alpha value is -1.65. The van der Waals surface area contributed by atoms with E-state index in [1.807, 2.05) is 0 Å². The Balaban J connectivity index is 1.89. The van der Waals surface area contributed by atoms with Crippen LogP contribution in [0.25, 0.3) is 10.9 Å². The molecule has 1 aliphatic heterocycles. The van der Waals surface area contributed by atoms with Gasteiger partial charge >= 0.3 is 0 Å². The van der Waals surface area contributed by atoms with Gasteiger partial charge in [-0.2, -0.15) is 0 Å². The summed E-state index contributed by atoms with van der Waals surface area (Å²) >= 11 is 0. The first-order chi connectivity index (χ1) is 10.7. The Labute approximate surface area is 132 Å².